The van der Waals surface area contributed by atoms with Gasteiger partial charge in [-0.2, -0.15) is 0 Å². The number of rotatable bonds is 7. The summed E-state index contributed by atoms with van der Waals surface area (Å²) in [6.07, 6.45) is 2.88. The first-order valence-corrected chi connectivity index (χ1v) is 9.67. The highest BCUT2D eigenvalue weighted by Gasteiger charge is 2.09. The van der Waals surface area contributed by atoms with Gasteiger partial charge in [-0.3, -0.25) is 4.79 Å². The Balaban J connectivity index is 1.26. The molecule has 0 fully saturated rings. The Labute approximate surface area is 161 Å². The molecule has 0 unspecified atom stereocenters. The van der Waals surface area contributed by atoms with Crippen molar-refractivity contribution in [3.63, 3.8) is 0 Å². The summed E-state index contributed by atoms with van der Waals surface area (Å²) < 4.78 is 5.88. The number of nitrogens with one attached hydrogen (secondary N) is 2. The van der Waals surface area contributed by atoms with E-state index in [-0.39, 0.29) is 5.91 Å². The molecule has 4 rings (SSSR count). The van der Waals surface area contributed by atoms with Crippen LogP contribution in [0.3, 0.4) is 0 Å². The number of hydrogen-bond donors (Lipinski definition) is 2. The van der Waals surface area contributed by atoms with Crippen LogP contribution in [0.1, 0.15) is 12.8 Å². The first-order chi connectivity index (χ1) is 13.3. The van der Waals surface area contributed by atoms with E-state index in [9.17, 15) is 4.79 Å². The number of fused-ring (bicyclic) bond motifs is 1. The van der Waals surface area contributed by atoms with Crippen LogP contribution in [0.4, 0.5) is 5.13 Å². The number of aromatic nitrogens is 2. The van der Waals surface area contributed by atoms with Crippen molar-refractivity contribution in [2.75, 3.05) is 11.9 Å². The van der Waals surface area contributed by atoms with Gasteiger partial charge in [0.05, 0.1) is 18.0 Å². The van der Waals surface area contributed by atoms with Crippen molar-refractivity contribution >= 4 is 33.1 Å². The molecule has 0 saturated carbocycles. The molecular weight excluding hydrogens is 358 g/mol. The molecule has 0 atom stereocenters. The molecule has 1 amide bonds. The topological polar surface area (TPSA) is 67.0 Å². The third-order valence-corrected chi connectivity index (χ3v) is 4.94. The third-order valence-electron chi connectivity index (χ3n) is 4.18. The van der Waals surface area contributed by atoms with E-state index in [1.807, 2.05) is 54.0 Å². The molecule has 2 aromatic heterocycles. The number of aromatic amines is 1. The molecule has 5 nitrogen and oxygen atoms in total. The van der Waals surface area contributed by atoms with E-state index >= 15 is 0 Å². The number of anilines is 1. The molecule has 0 radical (unpaired) electrons. The zero-order chi connectivity index (χ0) is 18.5. The van der Waals surface area contributed by atoms with E-state index in [1.54, 1.807) is 0 Å². The van der Waals surface area contributed by atoms with Gasteiger partial charge in [0, 0.05) is 23.4 Å². The predicted octanol–water partition coefficient (Wildman–Crippen LogP) is 5.09. The SMILES string of the molecule is O=C(CCCOc1cccc2ccccc12)Nc1nc(-c2ccc[nH]2)cs1. The van der Waals surface area contributed by atoms with Crippen LogP contribution in [-0.4, -0.2) is 22.5 Å². The predicted molar refractivity (Wildman–Crippen MR) is 109 cm³/mol. The van der Waals surface area contributed by atoms with Gasteiger partial charge in [-0.05, 0) is 30.0 Å². The number of carbonyl (C=O) groups is 1. The van der Waals surface area contributed by atoms with Gasteiger partial charge >= 0.3 is 0 Å². The number of ether oxygens (including phenoxy) is 1. The fourth-order valence-electron chi connectivity index (χ4n) is 2.86. The van der Waals surface area contributed by atoms with Crippen LogP contribution in [0.15, 0.2) is 66.2 Å². The first-order valence-electron chi connectivity index (χ1n) is 8.79. The average molecular weight is 377 g/mol. The molecule has 2 N–H and O–H groups in total. The number of hydrogen-bond acceptors (Lipinski definition) is 4. The molecule has 0 saturated heterocycles. The lowest BCUT2D eigenvalue weighted by atomic mass is 10.1. The molecule has 0 bridgehead atoms. The Kier molecular flexibility index (Phi) is 5.16. The molecule has 4 aromatic rings. The Morgan fingerprint density at radius 2 is 2.00 bits per heavy atom. The molecule has 27 heavy (non-hydrogen) atoms. The maximum atomic E-state index is 12.1. The number of carbonyl (C=O) groups excluding carboxylic acids is 1. The lowest BCUT2D eigenvalue weighted by Crippen LogP contribution is -2.12. The van der Waals surface area contributed by atoms with Crippen molar-refractivity contribution in [3.8, 4) is 17.1 Å². The molecule has 2 heterocycles. The third kappa shape index (κ3) is 4.17. The van der Waals surface area contributed by atoms with E-state index in [4.69, 9.17) is 4.74 Å². The number of amides is 1. The van der Waals surface area contributed by atoms with Gasteiger partial charge in [0.1, 0.15) is 5.75 Å². The molecule has 0 aliphatic rings. The fraction of sp³-hybridized carbons (Fsp3) is 0.143. The maximum Gasteiger partial charge on any atom is 0.226 e. The van der Waals surface area contributed by atoms with E-state index in [2.05, 4.69) is 27.4 Å². The highest BCUT2D eigenvalue weighted by Crippen LogP contribution is 2.26. The van der Waals surface area contributed by atoms with Crippen molar-refractivity contribution in [2.24, 2.45) is 0 Å². The molecule has 136 valence electrons. The van der Waals surface area contributed by atoms with Crippen molar-refractivity contribution in [2.45, 2.75) is 12.8 Å². The smallest absolute Gasteiger partial charge is 0.226 e. The number of nitrogens with zero attached hydrogens (tertiary/aromatic N) is 1. The van der Waals surface area contributed by atoms with Gasteiger partial charge in [-0.1, -0.05) is 36.4 Å². The summed E-state index contributed by atoms with van der Waals surface area (Å²) >= 11 is 1.42. The zero-order valence-corrected chi connectivity index (χ0v) is 15.5. The van der Waals surface area contributed by atoms with E-state index in [0.717, 1.165) is 27.9 Å². The van der Waals surface area contributed by atoms with Gasteiger partial charge in [0.25, 0.3) is 0 Å². The van der Waals surface area contributed by atoms with Crippen molar-refractivity contribution in [1.82, 2.24) is 9.97 Å². The van der Waals surface area contributed by atoms with Gasteiger partial charge in [-0.25, -0.2) is 4.98 Å². The second kappa shape index (κ2) is 8.05. The Morgan fingerprint density at radius 1 is 1.11 bits per heavy atom. The Morgan fingerprint density at radius 3 is 2.89 bits per heavy atom. The minimum Gasteiger partial charge on any atom is -0.493 e. The van der Waals surface area contributed by atoms with Crippen LogP contribution in [0.2, 0.25) is 0 Å². The van der Waals surface area contributed by atoms with Crippen LogP contribution in [0.5, 0.6) is 5.75 Å². The summed E-state index contributed by atoms with van der Waals surface area (Å²) in [6, 6.07) is 18.0. The van der Waals surface area contributed by atoms with Crippen molar-refractivity contribution in [1.29, 1.82) is 0 Å². The highest BCUT2D eigenvalue weighted by atomic mass is 32.1. The van der Waals surface area contributed by atoms with Crippen LogP contribution in [0, 0.1) is 0 Å². The first kappa shape index (κ1) is 17.3. The van der Waals surface area contributed by atoms with Gasteiger partial charge in [-0.15, -0.1) is 11.3 Å². The van der Waals surface area contributed by atoms with Crippen LogP contribution in [0.25, 0.3) is 22.2 Å². The zero-order valence-electron chi connectivity index (χ0n) is 14.6. The number of benzene rings is 2. The Hall–Kier alpha value is -3.12. The monoisotopic (exact) mass is 377 g/mol. The van der Waals surface area contributed by atoms with Gasteiger partial charge in [0.15, 0.2) is 5.13 Å². The normalized spacial score (nSPS) is 10.8. The van der Waals surface area contributed by atoms with Crippen LogP contribution in [-0.2, 0) is 4.79 Å². The molecule has 2 aromatic carbocycles. The summed E-state index contributed by atoms with van der Waals surface area (Å²) in [6.45, 7) is 0.493. The second-order valence-electron chi connectivity index (χ2n) is 6.10. The Bertz CT molecular complexity index is 1040. The van der Waals surface area contributed by atoms with Crippen LogP contribution >= 0.6 is 11.3 Å². The fourth-order valence-corrected chi connectivity index (χ4v) is 3.59. The van der Waals surface area contributed by atoms with Gasteiger partial charge in [0.2, 0.25) is 5.91 Å². The van der Waals surface area contributed by atoms with E-state index < -0.39 is 0 Å². The minimum atomic E-state index is -0.0519. The number of thiazole rings is 1. The largest absolute Gasteiger partial charge is 0.493 e. The second-order valence-corrected chi connectivity index (χ2v) is 6.96. The highest BCUT2D eigenvalue weighted by molar-refractivity contribution is 7.14. The molecule has 0 aliphatic carbocycles. The van der Waals surface area contributed by atoms with E-state index in [1.165, 1.54) is 11.3 Å². The van der Waals surface area contributed by atoms with Gasteiger partial charge < -0.3 is 15.0 Å². The molecule has 6 heteroatoms. The lowest BCUT2D eigenvalue weighted by molar-refractivity contribution is -0.116. The van der Waals surface area contributed by atoms with Crippen LogP contribution < -0.4 is 10.1 Å². The maximum absolute atomic E-state index is 12.1. The quantitative estimate of drug-likeness (QED) is 0.441. The summed E-state index contributed by atoms with van der Waals surface area (Å²) in [5.74, 6) is 0.799. The lowest BCUT2D eigenvalue weighted by Gasteiger charge is -2.09. The molecule has 0 spiro atoms. The van der Waals surface area contributed by atoms with E-state index in [0.29, 0.717) is 24.6 Å². The summed E-state index contributed by atoms with van der Waals surface area (Å²) in [5, 5.41) is 7.62. The average Bonchev–Trinajstić information content (AvgIpc) is 3.37. The summed E-state index contributed by atoms with van der Waals surface area (Å²) in [5.41, 5.74) is 1.77. The molecule has 0 aliphatic heterocycles. The molecular formula is C21H19N3O2S. The standard InChI is InChI=1S/C21H19N3O2S/c25-20(24-21-23-18(14-27-21)17-9-4-12-22-17)11-5-13-26-19-10-3-7-15-6-1-2-8-16(15)19/h1-4,6-10,12,14,22H,5,11,13H2,(H,23,24,25). The van der Waals surface area contributed by atoms with Crippen molar-refractivity contribution in [3.05, 3.63) is 66.2 Å². The summed E-state index contributed by atoms with van der Waals surface area (Å²) in [7, 11) is 0. The van der Waals surface area contributed by atoms with Crippen molar-refractivity contribution < 1.29 is 9.53 Å². The minimum absolute atomic E-state index is 0.0519. The number of H-pyrrole nitrogens is 1. The summed E-state index contributed by atoms with van der Waals surface area (Å²) in [4.78, 5) is 19.7.